The van der Waals surface area contributed by atoms with Crippen LogP contribution in [0.25, 0.3) is 10.1 Å². The second-order valence-corrected chi connectivity index (χ2v) is 12.2. The second-order valence-electron chi connectivity index (χ2n) is 6.66. The third-order valence-corrected chi connectivity index (χ3v) is 9.33. The molecule has 0 aliphatic heterocycles. The molecule has 0 aliphatic carbocycles. The molecule has 1 aromatic heterocycles. The number of para-hydroxylation sites is 2. The molecule has 11 heteroatoms. The number of benzene rings is 3. The van der Waals surface area contributed by atoms with Crippen molar-refractivity contribution in [3.8, 4) is 5.75 Å². The van der Waals surface area contributed by atoms with E-state index in [1.54, 1.807) is 24.3 Å². The topological polar surface area (TPSA) is 102 Å². The fourth-order valence-electron chi connectivity index (χ4n) is 3.01. The largest absolute Gasteiger partial charge is 0.495 e. The Kier molecular flexibility index (Phi) is 6.17. The monoisotopic (exact) mass is 552 g/mol. The van der Waals surface area contributed by atoms with E-state index >= 15 is 0 Å². The Morgan fingerprint density at radius 3 is 2.09 bits per heavy atom. The molecule has 0 radical (unpaired) electrons. The number of rotatable bonds is 7. The van der Waals surface area contributed by atoms with E-state index in [9.17, 15) is 16.8 Å². The lowest BCUT2D eigenvalue weighted by atomic mass is 10.3. The van der Waals surface area contributed by atoms with Crippen molar-refractivity contribution in [2.45, 2.75) is 9.10 Å². The highest BCUT2D eigenvalue weighted by atomic mass is 79.9. The number of methoxy groups -OCH3 is 1. The van der Waals surface area contributed by atoms with Gasteiger partial charge in [0.05, 0.1) is 18.5 Å². The van der Waals surface area contributed by atoms with Crippen molar-refractivity contribution in [1.82, 2.24) is 0 Å². The highest BCUT2D eigenvalue weighted by Crippen LogP contribution is 2.34. The molecule has 0 unspecified atom stereocenters. The number of ether oxygens (including phenoxy) is 1. The van der Waals surface area contributed by atoms with E-state index in [1.165, 1.54) is 31.4 Å². The summed E-state index contributed by atoms with van der Waals surface area (Å²) in [6.45, 7) is 0. The average Bonchev–Trinajstić information content (AvgIpc) is 3.20. The van der Waals surface area contributed by atoms with Gasteiger partial charge in [-0.25, -0.2) is 16.8 Å². The number of sulfonamides is 2. The zero-order valence-electron chi connectivity index (χ0n) is 16.6. The second kappa shape index (κ2) is 8.74. The predicted octanol–water partition coefficient (Wildman–Crippen LogP) is 5.27. The number of hydrogen-bond donors (Lipinski definition) is 2. The molecule has 7 nitrogen and oxygen atoms in total. The molecule has 3 aromatic carbocycles. The average molecular weight is 553 g/mol. The highest BCUT2D eigenvalue weighted by molar-refractivity contribution is 9.10. The van der Waals surface area contributed by atoms with Crippen molar-refractivity contribution in [3.05, 3.63) is 77.3 Å². The Hall–Kier alpha value is -2.60. The minimum Gasteiger partial charge on any atom is -0.495 e. The summed E-state index contributed by atoms with van der Waals surface area (Å²) in [4.78, 5) is -0.0865. The summed E-state index contributed by atoms with van der Waals surface area (Å²) in [6, 6.07) is 19.7. The first kappa shape index (κ1) is 22.6. The summed E-state index contributed by atoms with van der Waals surface area (Å²) in [7, 11) is -6.64. The lowest BCUT2D eigenvalue weighted by Gasteiger charge is -2.15. The Labute approximate surface area is 198 Å². The van der Waals surface area contributed by atoms with Crippen LogP contribution in [-0.2, 0) is 20.0 Å². The SMILES string of the molecule is COc1ccc(Br)cc1S(=O)(=O)Nc1ccccc1NS(=O)(=O)c1cc2ccccc2s1. The van der Waals surface area contributed by atoms with Gasteiger partial charge in [0.2, 0.25) is 0 Å². The molecule has 0 bridgehead atoms. The molecule has 0 atom stereocenters. The molecular formula is C21H17BrN2O5S3. The van der Waals surface area contributed by atoms with Crippen LogP contribution in [0.3, 0.4) is 0 Å². The van der Waals surface area contributed by atoms with Crippen LogP contribution < -0.4 is 14.2 Å². The first-order chi connectivity index (χ1) is 15.2. The number of thiophene rings is 1. The van der Waals surface area contributed by atoms with E-state index in [0.29, 0.717) is 4.47 Å². The summed E-state index contributed by atoms with van der Waals surface area (Å²) < 4.78 is 63.7. The molecule has 0 amide bonds. The van der Waals surface area contributed by atoms with Crippen LogP contribution in [0, 0.1) is 0 Å². The minimum atomic E-state index is -4.08. The quantitative estimate of drug-likeness (QED) is 0.325. The number of hydrogen-bond acceptors (Lipinski definition) is 6. The van der Waals surface area contributed by atoms with Gasteiger partial charge in [0.15, 0.2) is 0 Å². The molecule has 4 aromatic rings. The van der Waals surface area contributed by atoms with Crippen LogP contribution in [-0.4, -0.2) is 23.9 Å². The van der Waals surface area contributed by atoms with Crippen molar-refractivity contribution in [1.29, 1.82) is 0 Å². The molecule has 1 heterocycles. The minimum absolute atomic E-state index is 0.0826. The van der Waals surface area contributed by atoms with Crippen molar-refractivity contribution >= 4 is 68.8 Å². The van der Waals surface area contributed by atoms with Gasteiger partial charge >= 0.3 is 0 Å². The molecule has 2 N–H and O–H groups in total. The van der Waals surface area contributed by atoms with E-state index in [2.05, 4.69) is 25.4 Å². The normalized spacial score (nSPS) is 11.9. The van der Waals surface area contributed by atoms with Gasteiger partial charge in [-0.05, 0) is 47.9 Å². The van der Waals surface area contributed by atoms with Crippen LogP contribution in [0.4, 0.5) is 11.4 Å². The molecule has 0 saturated heterocycles. The molecule has 4 rings (SSSR count). The number of nitrogens with one attached hydrogen (secondary N) is 2. The standard InChI is InChI=1S/C21H17BrN2O5S3/c1-29-18-11-10-15(22)13-20(18)31(25,26)23-16-7-3-4-8-17(16)24-32(27,28)21-12-14-6-2-5-9-19(14)30-21/h2-13,23-24H,1H3. The van der Waals surface area contributed by atoms with Gasteiger partial charge in [0.1, 0.15) is 14.9 Å². The van der Waals surface area contributed by atoms with Crippen LogP contribution >= 0.6 is 27.3 Å². The molecule has 0 fully saturated rings. The zero-order chi connectivity index (χ0) is 22.9. The van der Waals surface area contributed by atoms with Crippen molar-refractivity contribution in [2.75, 3.05) is 16.6 Å². The predicted molar refractivity (Wildman–Crippen MR) is 131 cm³/mol. The van der Waals surface area contributed by atoms with Crippen LogP contribution in [0.1, 0.15) is 0 Å². The van der Waals surface area contributed by atoms with Crippen molar-refractivity contribution in [2.24, 2.45) is 0 Å². The fraction of sp³-hybridized carbons (Fsp3) is 0.0476. The van der Waals surface area contributed by atoms with Gasteiger partial charge in [-0.15, -0.1) is 11.3 Å². The van der Waals surface area contributed by atoms with Gasteiger partial charge in [-0.3, -0.25) is 9.44 Å². The number of anilines is 2. The van der Waals surface area contributed by atoms with E-state index in [0.717, 1.165) is 21.4 Å². The molecule has 32 heavy (non-hydrogen) atoms. The third kappa shape index (κ3) is 4.60. The van der Waals surface area contributed by atoms with E-state index in [-0.39, 0.29) is 26.2 Å². The molecule has 0 spiro atoms. The summed E-state index contributed by atoms with van der Waals surface area (Å²) in [5, 5.41) is 0.814. The Morgan fingerprint density at radius 1 is 0.812 bits per heavy atom. The maximum Gasteiger partial charge on any atom is 0.271 e. The summed E-state index contributed by atoms with van der Waals surface area (Å²) >= 11 is 4.39. The van der Waals surface area contributed by atoms with E-state index in [4.69, 9.17) is 4.74 Å². The van der Waals surface area contributed by atoms with Crippen LogP contribution in [0.15, 0.2) is 86.4 Å². The Balaban J connectivity index is 1.68. The molecule has 166 valence electrons. The Bertz CT molecular complexity index is 1480. The molecule has 0 aliphatic rings. The molecule has 0 saturated carbocycles. The number of fused-ring (bicyclic) bond motifs is 1. The fourth-order valence-corrected chi connectivity index (χ4v) is 7.27. The van der Waals surface area contributed by atoms with Crippen LogP contribution in [0.2, 0.25) is 0 Å². The maximum atomic E-state index is 13.1. The first-order valence-electron chi connectivity index (χ1n) is 9.16. The smallest absolute Gasteiger partial charge is 0.271 e. The summed E-state index contributed by atoms with van der Waals surface area (Å²) in [5.74, 6) is 0.157. The summed E-state index contributed by atoms with van der Waals surface area (Å²) in [5.41, 5.74) is 0.182. The third-order valence-electron chi connectivity index (χ3n) is 4.50. The Morgan fingerprint density at radius 2 is 1.44 bits per heavy atom. The highest BCUT2D eigenvalue weighted by Gasteiger charge is 2.23. The van der Waals surface area contributed by atoms with Crippen molar-refractivity contribution < 1.29 is 21.6 Å². The van der Waals surface area contributed by atoms with Gasteiger partial charge < -0.3 is 4.74 Å². The van der Waals surface area contributed by atoms with Gasteiger partial charge in [-0.2, -0.15) is 0 Å². The first-order valence-corrected chi connectivity index (χ1v) is 13.7. The summed E-state index contributed by atoms with van der Waals surface area (Å²) in [6.07, 6.45) is 0. The maximum absolute atomic E-state index is 13.1. The number of halogens is 1. The van der Waals surface area contributed by atoms with E-state index < -0.39 is 20.0 Å². The van der Waals surface area contributed by atoms with Gasteiger partial charge in [-0.1, -0.05) is 46.3 Å². The van der Waals surface area contributed by atoms with Gasteiger partial charge in [0.25, 0.3) is 20.0 Å². The lowest BCUT2D eigenvalue weighted by molar-refractivity contribution is 0.403. The van der Waals surface area contributed by atoms with E-state index in [1.807, 2.05) is 24.3 Å². The van der Waals surface area contributed by atoms with Crippen molar-refractivity contribution in [3.63, 3.8) is 0 Å². The van der Waals surface area contributed by atoms with Crippen LogP contribution in [0.5, 0.6) is 5.75 Å². The van der Waals surface area contributed by atoms with Gasteiger partial charge in [0, 0.05) is 9.17 Å². The zero-order valence-corrected chi connectivity index (χ0v) is 20.6. The molecular weight excluding hydrogens is 536 g/mol. The lowest BCUT2D eigenvalue weighted by Crippen LogP contribution is -2.17.